The highest BCUT2D eigenvalue weighted by molar-refractivity contribution is 9.10. The second-order valence-corrected chi connectivity index (χ2v) is 4.86. The molecule has 0 bridgehead atoms. The Hall–Kier alpha value is 0.140. The first kappa shape index (κ1) is 12.2. The van der Waals surface area contributed by atoms with Crippen LogP contribution in [0.15, 0.2) is 22.7 Å². The van der Waals surface area contributed by atoms with Crippen molar-refractivity contribution >= 4 is 49.2 Å². The topological polar surface area (TPSA) is 17.1 Å². The van der Waals surface area contributed by atoms with Crippen molar-refractivity contribution in [2.45, 2.75) is 17.6 Å². The van der Waals surface area contributed by atoms with Crippen molar-refractivity contribution in [3.05, 3.63) is 33.8 Å². The Morgan fingerprint density at radius 2 is 2.21 bits per heavy atom. The molecular weight excluding hydrogens is 331 g/mol. The summed E-state index contributed by atoms with van der Waals surface area (Å²) in [5, 5.41) is 0.147. The highest BCUT2D eigenvalue weighted by Gasteiger charge is 2.16. The van der Waals surface area contributed by atoms with Gasteiger partial charge in [0.15, 0.2) is 5.78 Å². The van der Waals surface area contributed by atoms with E-state index in [0.29, 0.717) is 5.33 Å². The predicted molar refractivity (Wildman–Crippen MR) is 66.0 cm³/mol. The SMILES string of the molecule is CC(=O)C(Cl)c1ccc(Br)cc1CBr. The monoisotopic (exact) mass is 338 g/mol. The zero-order valence-electron chi connectivity index (χ0n) is 7.56. The van der Waals surface area contributed by atoms with Crippen LogP contribution in [0.3, 0.4) is 0 Å². The summed E-state index contributed by atoms with van der Waals surface area (Å²) in [6, 6.07) is 5.72. The van der Waals surface area contributed by atoms with Gasteiger partial charge in [-0.15, -0.1) is 11.6 Å². The average Bonchev–Trinajstić information content (AvgIpc) is 2.16. The Labute approximate surface area is 105 Å². The maximum absolute atomic E-state index is 11.1. The lowest BCUT2D eigenvalue weighted by molar-refractivity contribution is -0.116. The fourth-order valence-electron chi connectivity index (χ4n) is 1.16. The highest BCUT2D eigenvalue weighted by atomic mass is 79.9. The van der Waals surface area contributed by atoms with Crippen molar-refractivity contribution in [1.29, 1.82) is 0 Å². The second kappa shape index (κ2) is 5.29. The van der Waals surface area contributed by atoms with Crippen molar-refractivity contribution < 1.29 is 4.79 Å². The smallest absolute Gasteiger partial charge is 0.152 e. The first-order chi connectivity index (χ1) is 6.56. The van der Waals surface area contributed by atoms with Gasteiger partial charge in [0.1, 0.15) is 5.38 Å². The van der Waals surface area contributed by atoms with Crippen molar-refractivity contribution in [3.63, 3.8) is 0 Å². The summed E-state index contributed by atoms with van der Waals surface area (Å²) in [6.45, 7) is 1.50. The molecule has 0 saturated carbocycles. The van der Waals surface area contributed by atoms with Gasteiger partial charge >= 0.3 is 0 Å². The van der Waals surface area contributed by atoms with Gasteiger partial charge in [-0.3, -0.25) is 4.79 Å². The third-order valence-electron chi connectivity index (χ3n) is 1.88. The van der Waals surface area contributed by atoms with Crippen molar-refractivity contribution in [1.82, 2.24) is 0 Å². The molecule has 0 N–H and O–H groups in total. The molecule has 0 aromatic heterocycles. The molecule has 4 heteroatoms. The Kier molecular flexibility index (Phi) is 4.61. The van der Waals surface area contributed by atoms with E-state index in [1.54, 1.807) is 0 Å². The largest absolute Gasteiger partial charge is 0.298 e. The molecule has 14 heavy (non-hydrogen) atoms. The number of Topliss-reactive ketones (excluding diaryl/α,β-unsaturated/α-hetero) is 1. The van der Waals surface area contributed by atoms with Crippen LogP contribution in [-0.2, 0) is 10.1 Å². The quantitative estimate of drug-likeness (QED) is 0.753. The number of halogens is 3. The maximum Gasteiger partial charge on any atom is 0.152 e. The minimum atomic E-state index is -0.546. The van der Waals surface area contributed by atoms with Crippen LogP contribution in [0.25, 0.3) is 0 Å². The summed E-state index contributed by atoms with van der Waals surface area (Å²) in [6.07, 6.45) is 0. The van der Waals surface area contributed by atoms with E-state index in [1.807, 2.05) is 18.2 Å². The Morgan fingerprint density at radius 3 is 2.71 bits per heavy atom. The number of rotatable bonds is 3. The van der Waals surface area contributed by atoms with Gasteiger partial charge in [-0.05, 0) is 30.2 Å². The average molecular weight is 340 g/mol. The number of carbonyl (C=O) groups excluding carboxylic acids is 1. The Bertz CT molecular complexity index is 352. The fourth-order valence-corrected chi connectivity index (χ4v) is 2.26. The van der Waals surface area contributed by atoms with Crippen molar-refractivity contribution in [2.24, 2.45) is 0 Å². The number of carbonyl (C=O) groups is 1. The molecule has 0 aliphatic carbocycles. The summed E-state index contributed by atoms with van der Waals surface area (Å²) >= 11 is 12.7. The summed E-state index contributed by atoms with van der Waals surface area (Å²) in [5.74, 6) is -0.0313. The van der Waals surface area contributed by atoms with Gasteiger partial charge in [-0.25, -0.2) is 0 Å². The highest BCUT2D eigenvalue weighted by Crippen LogP contribution is 2.28. The van der Waals surface area contributed by atoms with Crippen LogP contribution in [-0.4, -0.2) is 5.78 Å². The molecule has 0 fully saturated rings. The molecule has 1 atom stereocenters. The number of ketones is 1. The lowest BCUT2D eigenvalue weighted by Gasteiger charge is -2.11. The molecule has 1 rings (SSSR count). The lowest BCUT2D eigenvalue weighted by Crippen LogP contribution is -2.04. The molecule has 1 aromatic rings. The van der Waals surface area contributed by atoms with Gasteiger partial charge in [-0.1, -0.05) is 37.9 Å². The van der Waals surface area contributed by atoms with Crippen LogP contribution in [0.4, 0.5) is 0 Å². The third-order valence-corrected chi connectivity index (χ3v) is 3.52. The summed E-state index contributed by atoms with van der Waals surface area (Å²) in [4.78, 5) is 11.1. The standard InChI is InChI=1S/C10H9Br2ClO/c1-6(14)10(13)9-3-2-8(12)4-7(9)5-11/h2-4,10H,5H2,1H3. The number of hydrogen-bond acceptors (Lipinski definition) is 1. The second-order valence-electron chi connectivity index (χ2n) is 2.95. The van der Waals surface area contributed by atoms with E-state index in [0.717, 1.165) is 15.6 Å². The van der Waals surface area contributed by atoms with Crippen LogP contribution < -0.4 is 0 Å². The molecular formula is C10H9Br2ClO. The molecule has 0 aliphatic heterocycles. The van der Waals surface area contributed by atoms with E-state index in [4.69, 9.17) is 11.6 Å². The lowest BCUT2D eigenvalue weighted by atomic mass is 10.0. The molecule has 1 unspecified atom stereocenters. The Balaban J connectivity index is 3.13. The van der Waals surface area contributed by atoms with Crippen LogP contribution in [0.2, 0.25) is 0 Å². The first-order valence-electron chi connectivity index (χ1n) is 4.05. The number of alkyl halides is 2. The van der Waals surface area contributed by atoms with E-state index < -0.39 is 5.38 Å². The molecule has 1 nitrogen and oxygen atoms in total. The van der Waals surface area contributed by atoms with Gasteiger partial charge in [0.25, 0.3) is 0 Å². The molecule has 0 heterocycles. The minimum Gasteiger partial charge on any atom is -0.298 e. The van der Waals surface area contributed by atoms with Crippen LogP contribution in [0.5, 0.6) is 0 Å². The van der Waals surface area contributed by atoms with E-state index in [9.17, 15) is 4.79 Å². The number of hydrogen-bond donors (Lipinski definition) is 0. The van der Waals surface area contributed by atoms with Crippen molar-refractivity contribution in [2.75, 3.05) is 0 Å². The molecule has 1 aromatic carbocycles. The summed E-state index contributed by atoms with van der Waals surface area (Å²) < 4.78 is 0.989. The van der Waals surface area contributed by atoms with Crippen LogP contribution in [0.1, 0.15) is 23.4 Å². The van der Waals surface area contributed by atoms with Crippen LogP contribution in [0, 0.1) is 0 Å². The zero-order chi connectivity index (χ0) is 10.7. The molecule has 76 valence electrons. The fraction of sp³-hybridized carbons (Fsp3) is 0.300. The maximum atomic E-state index is 11.1. The van der Waals surface area contributed by atoms with E-state index >= 15 is 0 Å². The molecule has 0 spiro atoms. The predicted octanol–water partition coefficient (Wildman–Crippen LogP) is 4.21. The van der Waals surface area contributed by atoms with Crippen LogP contribution >= 0.6 is 43.5 Å². The van der Waals surface area contributed by atoms with E-state index in [1.165, 1.54) is 6.92 Å². The van der Waals surface area contributed by atoms with Crippen molar-refractivity contribution in [3.8, 4) is 0 Å². The first-order valence-corrected chi connectivity index (χ1v) is 6.40. The molecule has 0 saturated heterocycles. The van der Waals surface area contributed by atoms with Gasteiger partial charge in [0, 0.05) is 9.80 Å². The molecule has 0 radical (unpaired) electrons. The Morgan fingerprint density at radius 1 is 1.57 bits per heavy atom. The number of benzene rings is 1. The zero-order valence-corrected chi connectivity index (χ0v) is 11.5. The minimum absolute atomic E-state index is 0.0313. The van der Waals surface area contributed by atoms with Gasteiger partial charge < -0.3 is 0 Å². The van der Waals surface area contributed by atoms with E-state index in [-0.39, 0.29) is 5.78 Å². The van der Waals surface area contributed by atoms with Gasteiger partial charge in [0.05, 0.1) is 0 Å². The molecule has 0 aliphatic rings. The van der Waals surface area contributed by atoms with Gasteiger partial charge in [-0.2, -0.15) is 0 Å². The van der Waals surface area contributed by atoms with Gasteiger partial charge in [0.2, 0.25) is 0 Å². The third kappa shape index (κ3) is 2.81. The summed E-state index contributed by atoms with van der Waals surface area (Å²) in [7, 11) is 0. The normalized spacial score (nSPS) is 12.6. The summed E-state index contributed by atoms with van der Waals surface area (Å²) in [5.41, 5.74) is 1.91. The molecule has 0 amide bonds. The van der Waals surface area contributed by atoms with E-state index in [2.05, 4.69) is 31.9 Å².